The molecule has 2 unspecified atom stereocenters. The topological polar surface area (TPSA) is 50.4 Å². The van der Waals surface area contributed by atoms with E-state index in [1.165, 1.54) is 0 Å². The van der Waals surface area contributed by atoms with Crippen molar-refractivity contribution in [1.82, 2.24) is 10.6 Å². The first kappa shape index (κ1) is 19.3. The summed E-state index contributed by atoms with van der Waals surface area (Å²) in [7, 11) is 0. The van der Waals surface area contributed by atoms with E-state index in [0.717, 1.165) is 36.3 Å². The number of piperidine rings is 1. The summed E-state index contributed by atoms with van der Waals surface area (Å²) >= 11 is 0. The van der Waals surface area contributed by atoms with Gasteiger partial charge in [-0.1, -0.05) is 48.5 Å². The molecule has 1 saturated heterocycles. The summed E-state index contributed by atoms with van der Waals surface area (Å²) in [6, 6.07) is 18.6. The highest BCUT2D eigenvalue weighted by Crippen LogP contribution is 2.29. The molecule has 0 bridgehead atoms. The molecule has 1 aliphatic rings. The Hall–Kier alpha value is -2.04. The largest absolute Gasteiger partial charge is 0.483 e. The Bertz CT molecular complexity index is 678. The van der Waals surface area contributed by atoms with Crippen molar-refractivity contribution in [2.45, 2.75) is 31.8 Å². The van der Waals surface area contributed by atoms with E-state index < -0.39 is 0 Å². The zero-order chi connectivity index (χ0) is 16.8. The van der Waals surface area contributed by atoms with Crippen molar-refractivity contribution in [3.63, 3.8) is 0 Å². The van der Waals surface area contributed by atoms with Crippen molar-refractivity contribution in [2.24, 2.45) is 0 Å². The summed E-state index contributed by atoms with van der Waals surface area (Å²) in [5.41, 5.74) is 2.09. The Morgan fingerprint density at radius 1 is 1.16 bits per heavy atom. The van der Waals surface area contributed by atoms with E-state index in [1.54, 1.807) is 0 Å². The summed E-state index contributed by atoms with van der Waals surface area (Å²) < 4.78 is 5.79. The first-order chi connectivity index (χ1) is 11.7. The summed E-state index contributed by atoms with van der Waals surface area (Å²) in [6.45, 7) is 3.14. The van der Waals surface area contributed by atoms with Gasteiger partial charge in [-0.05, 0) is 37.9 Å². The number of carbonyl (C=O) groups excluding carboxylic acids is 1. The predicted molar refractivity (Wildman–Crippen MR) is 103 cm³/mol. The van der Waals surface area contributed by atoms with Crippen molar-refractivity contribution in [2.75, 3.05) is 13.2 Å². The number of amides is 1. The van der Waals surface area contributed by atoms with Crippen LogP contribution in [0.4, 0.5) is 0 Å². The van der Waals surface area contributed by atoms with Crippen LogP contribution in [-0.4, -0.2) is 31.1 Å². The Morgan fingerprint density at radius 3 is 2.64 bits per heavy atom. The highest BCUT2D eigenvalue weighted by atomic mass is 35.5. The number of benzene rings is 2. The average molecular weight is 361 g/mol. The van der Waals surface area contributed by atoms with Gasteiger partial charge in [-0.2, -0.15) is 0 Å². The molecular weight excluding hydrogens is 336 g/mol. The van der Waals surface area contributed by atoms with Crippen molar-refractivity contribution in [1.29, 1.82) is 0 Å². The van der Waals surface area contributed by atoms with E-state index in [2.05, 4.69) is 17.6 Å². The minimum Gasteiger partial charge on any atom is -0.483 e. The van der Waals surface area contributed by atoms with Crippen LogP contribution in [0.3, 0.4) is 0 Å². The van der Waals surface area contributed by atoms with Crippen LogP contribution in [0.25, 0.3) is 11.1 Å². The fraction of sp³-hybridized carbons (Fsp3) is 0.350. The lowest BCUT2D eigenvalue weighted by Crippen LogP contribution is -2.47. The first-order valence-corrected chi connectivity index (χ1v) is 8.52. The minimum atomic E-state index is -0.0584. The van der Waals surface area contributed by atoms with Gasteiger partial charge in [0, 0.05) is 17.6 Å². The Morgan fingerprint density at radius 2 is 1.88 bits per heavy atom. The lowest BCUT2D eigenvalue weighted by atomic mass is 10.0. The highest BCUT2D eigenvalue weighted by molar-refractivity contribution is 5.85. The molecule has 2 N–H and O–H groups in total. The molecule has 0 aliphatic carbocycles. The van der Waals surface area contributed by atoms with Gasteiger partial charge in [0.1, 0.15) is 5.75 Å². The molecule has 2 aromatic carbocycles. The fourth-order valence-corrected chi connectivity index (χ4v) is 3.12. The zero-order valence-corrected chi connectivity index (χ0v) is 15.2. The molecule has 4 nitrogen and oxygen atoms in total. The third kappa shape index (κ3) is 5.48. The molecule has 0 saturated carbocycles. The number of carbonyl (C=O) groups is 1. The lowest BCUT2D eigenvalue weighted by molar-refractivity contribution is -0.124. The van der Waals surface area contributed by atoms with Crippen LogP contribution < -0.4 is 15.4 Å². The molecule has 134 valence electrons. The van der Waals surface area contributed by atoms with Crippen LogP contribution in [0.15, 0.2) is 54.6 Å². The quantitative estimate of drug-likeness (QED) is 0.859. The third-order valence-electron chi connectivity index (χ3n) is 4.32. The molecule has 0 radical (unpaired) electrons. The number of ether oxygens (including phenoxy) is 1. The standard InChI is InChI=1S/C20H24N2O2.ClH/c1-15-13-17(11-12-21-15)22-20(23)14-24-19-10-6-5-9-18(19)16-7-3-2-4-8-16;/h2-10,15,17,21H,11-14H2,1H3,(H,22,23);1H. The second-order valence-corrected chi connectivity index (χ2v) is 6.29. The Labute approximate surface area is 155 Å². The van der Waals surface area contributed by atoms with E-state index >= 15 is 0 Å². The number of hydrogen-bond donors (Lipinski definition) is 2. The molecule has 2 atom stereocenters. The van der Waals surface area contributed by atoms with Gasteiger partial charge >= 0.3 is 0 Å². The van der Waals surface area contributed by atoms with Crippen molar-refractivity contribution < 1.29 is 9.53 Å². The van der Waals surface area contributed by atoms with Crippen molar-refractivity contribution >= 4 is 18.3 Å². The highest BCUT2D eigenvalue weighted by Gasteiger charge is 2.20. The van der Waals surface area contributed by atoms with Crippen LogP contribution in [0.2, 0.25) is 0 Å². The van der Waals surface area contributed by atoms with Gasteiger partial charge in [0.2, 0.25) is 0 Å². The molecule has 3 rings (SSSR count). The van der Waals surface area contributed by atoms with Crippen molar-refractivity contribution in [3.8, 4) is 16.9 Å². The van der Waals surface area contributed by atoms with Gasteiger partial charge in [0.05, 0.1) is 0 Å². The molecule has 0 aromatic heterocycles. The number of hydrogen-bond acceptors (Lipinski definition) is 3. The molecule has 1 aliphatic heterocycles. The van der Waals surface area contributed by atoms with Crippen LogP contribution in [0.1, 0.15) is 19.8 Å². The maximum Gasteiger partial charge on any atom is 0.258 e. The van der Waals surface area contributed by atoms with Gasteiger partial charge in [-0.3, -0.25) is 4.79 Å². The molecule has 25 heavy (non-hydrogen) atoms. The lowest BCUT2D eigenvalue weighted by Gasteiger charge is -2.28. The number of nitrogens with one attached hydrogen (secondary N) is 2. The molecule has 1 fully saturated rings. The summed E-state index contributed by atoms with van der Waals surface area (Å²) in [5, 5.41) is 6.46. The van der Waals surface area contributed by atoms with Crippen LogP contribution in [0.5, 0.6) is 5.75 Å². The summed E-state index contributed by atoms with van der Waals surface area (Å²) in [6.07, 6.45) is 1.93. The van der Waals surface area contributed by atoms with Crippen LogP contribution >= 0.6 is 12.4 Å². The number of halogens is 1. The molecular formula is C20H25ClN2O2. The van der Waals surface area contributed by atoms with Gasteiger partial charge in [0.15, 0.2) is 6.61 Å². The third-order valence-corrected chi connectivity index (χ3v) is 4.32. The zero-order valence-electron chi connectivity index (χ0n) is 14.4. The first-order valence-electron chi connectivity index (χ1n) is 8.52. The number of para-hydroxylation sites is 1. The monoisotopic (exact) mass is 360 g/mol. The van der Waals surface area contributed by atoms with E-state index in [0.29, 0.717) is 6.04 Å². The van der Waals surface area contributed by atoms with Crippen molar-refractivity contribution in [3.05, 3.63) is 54.6 Å². The molecule has 0 spiro atoms. The van der Waals surface area contributed by atoms with E-state index in [-0.39, 0.29) is 31.0 Å². The molecule has 1 amide bonds. The van der Waals surface area contributed by atoms with Crippen LogP contribution in [0, 0.1) is 0 Å². The Kier molecular flexibility index (Phi) is 7.29. The smallest absolute Gasteiger partial charge is 0.258 e. The van der Waals surface area contributed by atoms with E-state index in [4.69, 9.17) is 4.74 Å². The maximum absolute atomic E-state index is 12.2. The molecule has 1 heterocycles. The summed E-state index contributed by atoms with van der Waals surface area (Å²) in [4.78, 5) is 12.2. The maximum atomic E-state index is 12.2. The Balaban J connectivity index is 0.00000225. The van der Waals surface area contributed by atoms with Gasteiger partial charge < -0.3 is 15.4 Å². The SMILES string of the molecule is CC1CC(NC(=O)COc2ccccc2-c2ccccc2)CCN1.Cl. The number of rotatable bonds is 5. The predicted octanol–water partition coefficient (Wildman–Crippen LogP) is 3.41. The second kappa shape index (κ2) is 9.44. The van der Waals surface area contributed by atoms with Gasteiger partial charge in [-0.15, -0.1) is 12.4 Å². The second-order valence-electron chi connectivity index (χ2n) is 6.29. The fourth-order valence-electron chi connectivity index (χ4n) is 3.12. The van der Waals surface area contributed by atoms with E-state index in [1.807, 2.05) is 54.6 Å². The van der Waals surface area contributed by atoms with Gasteiger partial charge in [-0.25, -0.2) is 0 Å². The molecule has 5 heteroatoms. The minimum absolute atomic E-state index is 0. The van der Waals surface area contributed by atoms with Crippen LogP contribution in [-0.2, 0) is 4.79 Å². The summed E-state index contributed by atoms with van der Waals surface area (Å²) in [5.74, 6) is 0.675. The molecule has 2 aromatic rings. The normalized spacial score (nSPS) is 19.6. The average Bonchev–Trinajstić information content (AvgIpc) is 2.61. The van der Waals surface area contributed by atoms with Gasteiger partial charge in [0.25, 0.3) is 5.91 Å². The van der Waals surface area contributed by atoms with E-state index in [9.17, 15) is 4.79 Å².